The van der Waals surface area contributed by atoms with E-state index in [1.54, 1.807) is 0 Å². The van der Waals surface area contributed by atoms with Crippen LogP contribution in [0.25, 0.3) is 0 Å². The highest BCUT2D eigenvalue weighted by Gasteiger charge is 2.34. The van der Waals surface area contributed by atoms with Gasteiger partial charge in [-0.1, -0.05) is 233 Å². The molecule has 0 unspecified atom stereocenters. The van der Waals surface area contributed by atoms with E-state index in [-0.39, 0.29) is 11.8 Å². The zero-order valence-electron chi connectivity index (χ0n) is 38.1. The van der Waals surface area contributed by atoms with Gasteiger partial charge in [-0.2, -0.15) is 0 Å². The van der Waals surface area contributed by atoms with Gasteiger partial charge in [-0.15, -0.1) is 0 Å². The summed E-state index contributed by atoms with van der Waals surface area (Å²) in [6.45, 7) is 7.64. The average molecular weight is 791 g/mol. The fraction of sp³-hybridized carbons (Fsp3) is 0.940. The van der Waals surface area contributed by atoms with E-state index >= 15 is 0 Å². The molecule has 0 heterocycles. The molecular formula is C50H98N2O4. The van der Waals surface area contributed by atoms with E-state index in [0.29, 0.717) is 38.8 Å². The molecule has 6 heteroatoms. The summed E-state index contributed by atoms with van der Waals surface area (Å²) in [6.07, 6.45) is 47.2. The Kier molecular flexibility index (Phi) is 43.5. The number of carbonyl (C=O) groups is 3. The predicted molar refractivity (Wildman–Crippen MR) is 242 cm³/mol. The van der Waals surface area contributed by atoms with Crippen LogP contribution in [0.1, 0.15) is 284 Å². The summed E-state index contributed by atoms with van der Waals surface area (Å²) in [7, 11) is 0. The number of hydrogen-bond donors (Lipinski definition) is 1. The number of amides is 2. The maximum atomic E-state index is 13.8. The van der Waals surface area contributed by atoms with Crippen molar-refractivity contribution in [3.05, 3.63) is 0 Å². The minimum Gasteiger partial charge on any atom is -0.464 e. The molecule has 0 saturated carbocycles. The third-order valence-corrected chi connectivity index (χ3v) is 11.8. The summed E-state index contributed by atoms with van der Waals surface area (Å²) in [5.41, 5.74) is 5.81. The first-order chi connectivity index (χ1) is 27.5. The summed E-state index contributed by atoms with van der Waals surface area (Å²) in [6, 6.07) is -0.839. The second-order valence-electron chi connectivity index (χ2n) is 17.3. The Morgan fingerprint density at radius 2 is 0.679 bits per heavy atom. The van der Waals surface area contributed by atoms with E-state index in [1.165, 1.54) is 178 Å². The normalized spacial score (nSPS) is 11.9. The topological polar surface area (TPSA) is 89.7 Å². The molecule has 0 saturated heterocycles. The molecule has 332 valence electrons. The minimum absolute atomic E-state index is 0.195. The van der Waals surface area contributed by atoms with Crippen molar-refractivity contribution in [3.8, 4) is 0 Å². The van der Waals surface area contributed by atoms with Crippen molar-refractivity contribution < 1.29 is 19.1 Å². The summed E-state index contributed by atoms with van der Waals surface area (Å²) in [5, 5.41) is 0. The number of esters is 1. The zero-order chi connectivity index (χ0) is 41.0. The van der Waals surface area contributed by atoms with E-state index in [0.717, 1.165) is 64.2 Å². The van der Waals surface area contributed by atoms with Gasteiger partial charge >= 0.3 is 5.97 Å². The van der Waals surface area contributed by atoms with Crippen LogP contribution < -0.4 is 5.73 Å². The molecule has 0 bridgehead atoms. The van der Waals surface area contributed by atoms with Gasteiger partial charge in [0.05, 0.1) is 6.61 Å². The first-order valence-corrected chi connectivity index (χ1v) is 25.2. The standard InChI is InChI=1S/C50H98N2O4/c1-4-7-10-13-16-18-20-22-24-26-28-30-32-34-37-43-48(53)52(47(42-39-40-45-51)50(55)56-46-41-36-15-12-9-6-3)49(54)44-38-35-33-31-29-27-25-23-21-19-17-14-11-8-5-2/h47H,4-46,51H2,1-3H3/t47-/m0/s1. The lowest BCUT2D eigenvalue weighted by atomic mass is 10.0. The van der Waals surface area contributed by atoms with Gasteiger partial charge in [0, 0.05) is 12.8 Å². The molecule has 0 aliphatic heterocycles. The third-order valence-electron chi connectivity index (χ3n) is 11.8. The fourth-order valence-corrected chi connectivity index (χ4v) is 8.01. The van der Waals surface area contributed by atoms with Crippen LogP contribution in [-0.2, 0) is 19.1 Å². The van der Waals surface area contributed by atoms with Crippen LogP contribution in [0.3, 0.4) is 0 Å². The van der Waals surface area contributed by atoms with Gasteiger partial charge in [0.2, 0.25) is 11.8 Å². The number of nitrogens with two attached hydrogens (primary N) is 1. The Labute approximate surface area is 349 Å². The van der Waals surface area contributed by atoms with E-state index < -0.39 is 12.0 Å². The van der Waals surface area contributed by atoms with E-state index in [2.05, 4.69) is 20.8 Å². The van der Waals surface area contributed by atoms with Crippen molar-refractivity contribution >= 4 is 17.8 Å². The van der Waals surface area contributed by atoms with E-state index in [9.17, 15) is 14.4 Å². The van der Waals surface area contributed by atoms with E-state index in [4.69, 9.17) is 10.5 Å². The second kappa shape index (κ2) is 44.7. The molecule has 0 aliphatic rings. The molecule has 0 rings (SSSR count). The van der Waals surface area contributed by atoms with Crippen LogP contribution in [0.5, 0.6) is 0 Å². The Morgan fingerprint density at radius 3 is 0.982 bits per heavy atom. The lowest BCUT2D eigenvalue weighted by molar-refractivity contribution is -0.162. The first-order valence-electron chi connectivity index (χ1n) is 25.2. The van der Waals surface area contributed by atoms with Crippen molar-refractivity contribution in [1.29, 1.82) is 0 Å². The van der Waals surface area contributed by atoms with Gasteiger partial charge < -0.3 is 10.5 Å². The van der Waals surface area contributed by atoms with Crippen LogP contribution in [0.15, 0.2) is 0 Å². The van der Waals surface area contributed by atoms with Crippen molar-refractivity contribution in [1.82, 2.24) is 4.90 Å². The highest BCUT2D eigenvalue weighted by Crippen LogP contribution is 2.20. The molecular weight excluding hydrogens is 693 g/mol. The average Bonchev–Trinajstić information content (AvgIpc) is 3.20. The van der Waals surface area contributed by atoms with Gasteiger partial charge in [0.1, 0.15) is 6.04 Å². The smallest absolute Gasteiger partial charge is 0.329 e. The maximum Gasteiger partial charge on any atom is 0.329 e. The van der Waals surface area contributed by atoms with Gasteiger partial charge in [-0.3, -0.25) is 14.5 Å². The lowest BCUT2D eigenvalue weighted by Gasteiger charge is -2.29. The Hall–Kier alpha value is -1.43. The fourth-order valence-electron chi connectivity index (χ4n) is 8.01. The van der Waals surface area contributed by atoms with Gasteiger partial charge in [-0.25, -0.2) is 4.79 Å². The molecule has 1 atom stereocenters. The Bertz CT molecular complexity index is 803. The molecule has 2 N–H and O–H groups in total. The first kappa shape index (κ1) is 54.6. The summed E-state index contributed by atoms with van der Waals surface area (Å²) < 4.78 is 5.77. The van der Waals surface area contributed by atoms with Gasteiger partial charge in [0.15, 0.2) is 0 Å². The lowest BCUT2D eigenvalue weighted by Crippen LogP contribution is -2.49. The summed E-state index contributed by atoms with van der Waals surface area (Å²) in [4.78, 5) is 42.5. The molecule has 0 aromatic rings. The van der Waals surface area contributed by atoms with Crippen molar-refractivity contribution in [2.24, 2.45) is 5.73 Å². The summed E-state index contributed by atoms with van der Waals surface area (Å²) in [5.74, 6) is -0.801. The van der Waals surface area contributed by atoms with Crippen LogP contribution in [0.2, 0.25) is 0 Å². The van der Waals surface area contributed by atoms with Gasteiger partial charge in [0.25, 0.3) is 0 Å². The minimum atomic E-state index is -0.839. The highest BCUT2D eigenvalue weighted by atomic mass is 16.5. The van der Waals surface area contributed by atoms with Crippen LogP contribution >= 0.6 is 0 Å². The number of unbranched alkanes of at least 4 members (excludes halogenated alkanes) is 34. The quantitative estimate of drug-likeness (QED) is 0.0490. The monoisotopic (exact) mass is 791 g/mol. The largest absolute Gasteiger partial charge is 0.464 e. The number of imide groups is 1. The Morgan fingerprint density at radius 1 is 0.393 bits per heavy atom. The van der Waals surface area contributed by atoms with Crippen LogP contribution in [0, 0.1) is 0 Å². The second-order valence-corrected chi connectivity index (χ2v) is 17.3. The molecule has 0 aromatic heterocycles. The summed E-state index contributed by atoms with van der Waals surface area (Å²) >= 11 is 0. The van der Waals surface area contributed by atoms with E-state index in [1.807, 2.05) is 0 Å². The van der Waals surface area contributed by atoms with Crippen molar-refractivity contribution in [2.45, 2.75) is 290 Å². The van der Waals surface area contributed by atoms with Gasteiger partial charge in [-0.05, 0) is 45.1 Å². The highest BCUT2D eigenvalue weighted by molar-refractivity contribution is 5.99. The van der Waals surface area contributed by atoms with Crippen LogP contribution in [-0.4, -0.2) is 41.9 Å². The third kappa shape index (κ3) is 35.7. The molecule has 0 radical (unpaired) electrons. The molecule has 0 spiro atoms. The number of rotatable bonds is 45. The molecule has 2 amide bonds. The molecule has 0 fully saturated rings. The Balaban J connectivity index is 4.82. The maximum absolute atomic E-state index is 13.8. The van der Waals surface area contributed by atoms with Crippen molar-refractivity contribution in [2.75, 3.05) is 13.2 Å². The SMILES string of the molecule is CCCCCCCCCCCCCCCCCC(=O)N(C(=O)CCCCCCCCCCCCCCCCC)[C@@H](CCCCN)C(=O)OCCCCCCCC. The predicted octanol–water partition coefficient (Wildman–Crippen LogP) is 15.3. The molecule has 6 nitrogen and oxygen atoms in total. The molecule has 0 aromatic carbocycles. The van der Waals surface area contributed by atoms with Crippen molar-refractivity contribution in [3.63, 3.8) is 0 Å². The number of hydrogen-bond acceptors (Lipinski definition) is 5. The number of nitrogens with zero attached hydrogens (tertiary/aromatic N) is 1. The number of ether oxygens (including phenoxy) is 1. The number of carbonyl (C=O) groups excluding carboxylic acids is 3. The molecule has 56 heavy (non-hydrogen) atoms. The zero-order valence-corrected chi connectivity index (χ0v) is 38.1. The van der Waals surface area contributed by atoms with Crippen LogP contribution in [0.4, 0.5) is 0 Å². The molecule has 0 aliphatic carbocycles.